The van der Waals surface area contributed by atoms with Gasteiger partial charge in [0.05, 0.1) is 0 Å². The number of H-pyrrole nitrogens is 1. The van der Waals surface area contributed by atoms with E-state index in [1.165, 1.54) is 11.9 Å². The molecule has 0 aliphatic rings. The Labute approximate surface area is 155 Å². The van der Waals surface area contributed by atoms with E-state index in [2.05, 4.69) is 16.0 Å². The van der Waals surface area contributed by atoms with Gasteiger partial charge < -0.3 is 20.4 Å². The van der Waals surface area contributed by atoms with Gasteiger partial charge >= 0.3 is 0 Å². The van der Waals surface area contributed by atoms with Gasteiger partial charge in [-0.25, -0.2) is 0 Å². The van der Waals surface area contributed by atoms with Gasteiger partial charge in [0.25, 0.3) is 5.91 Å². The van der Waals surface area contributed by atoms with Crippen LogP contribution in [-0.2, 0) is 6.54 Å². The van der Waals surface area contributed by atoms with Crippen molar-refractivity contribution in [3.8, 4) is 10.8 Å². The molecule has 26 heavy (non-hydrogen) atoms. The molecule has 0 aliphatic heterocycles. The van der Waals surface area contributed by atoms with Crippen molar-refractivity contribution in [3.63, 3.8) is 0 Å². The van der Waals surface area contributed by atoms with Gasteiger partial charge in [0, 0.05) is 35.4 Å². The van der Waals surface area contributed by atoms with Crippen LogP contribution < -0.4 is 10.5 Å². The molecule has 0 atom stereocenters. The zero-order valence-corrected chi connectivity index (χ0v) is 15.7. The summed E-state index contributed by atoms with van der Waals surface area (Å²) in [6.45, 7) is 0.874. The summed E-state index contributed by atoms with van der Waals surface area (Å²) in [6, 6.07) is 11.4. The normalized spacial score (nSPS) is 11.1. The Bertz CT molecular complexity index is 960. The van der Waals surface area contributed by atoms with Crippen LogP contribution in [0.1, 0.15) is 15.4 Å². The first-order chi connectivity index (χ1) is 12.3. The maximum absolute atomic E-state index is 12.3. The van der Waals surface area contributed by atoms with Crippen LogP contribution in [0.4, 0.5) is 0 Å². The number of carbonyl (C=O) groups is 1. The third-order valence-corrected chi connectivity index (χ3v) is 4.77. The average Bonchev–Trinajstić information content (AvgIpc) is 3.19. The van der Waals surface area contributed by atoms with Gasteiger partial charge in [-0.05, 0) is 44.4 Å². The Balaban J connectivity index is 1.80. The summed E-state index contributed by atoms with van der Waals surface area (Å²) in [4.78, 5) is 19.7. The second kappa shape index (κ2) is 7.19. The molecule has 3 aromatic rings. The van der Waals surface area contributed by atoms with Crippen LogP contribution in [0.5, 0.6) is 10.8 Å². The zero-order chi connectivity index (χ0) is 18.8. The van der Waals surface area contributed by atoms with Crippen molar-refractivity contribution < 1.29 is 9.53 Å². The van der Waals surface area contributed by atoms with E-state index < -0.39 is 0 Å². The van der Waals surface area contributed by atoms with Crippen LogP contribution in [0.15, 0.2) is 36.4 Å². The van der Waals surface area contributed by atoms with Crippen molar-refractivity contribution >= 4 is 34.1 Å². The van der Waals surface area contributed by atoms with E-state index in [1.54, 1.807) is 17.4 Å². The van der Waals surface area contributed by atoms with E-state index in [0.29, 0.717) is 11.4 Å². The molecule has 7 nitrogen and oxygen atoms in total. The summed E-state index contributed by atoms with van der Waals surface area (Å²) in [5, 5.41) is 9.07. The van der Waals surface area contributed by atoms with Crippen LogP contribution >= 0.6 is 11.3 Å². The van der Waals surface area contributed by atoms with Crippen molar-refractivity contribution in [3.05, 3.63) is 47.0 Å². The topological polar surface area (TPSA) is 98.4 Å². The van der Waals surface area contributed by atoms with Crippen LogP contribution in [-0.4, -0.2) is 47.8 Å². The summed E-state index contributed by atoms with van der Waals surface area (Å²) < 4.78 is 5.93. The minimum absolute atomic E-state index is 0.302. The second-order valence-electron chi connectivity index (χ2n) is 6.24. The third kappa shape index (κ3) is 3.87. The van der Waals surface area contributed by atoms with Crippen LogP contribution in [0.2, 0.25) is 0 Å². The fraction of sp³-hybridized carbons (Fsp3) is 0.222. The maximum atomic E-state index is 12.3. The number of nitrogens with one attached hydrogen (secondary N) is 2. The molecular weight excluding hydrogens is 350 g/mol. The van der Waals surface area contributed by atoms with Crippen molar-refractivity contribution in [2.24, 2.45) is 5.73 Å². The highest BCUT2D eigenvalue weighted by Crippen LogP contribution is 2.31. The Morgan fingerprint density at radius 1 is 1.23 bits per heavy atom. The molecule has 0 spiro atoms. The minimum Gasteiger partial charge on any atom is -0.447 e. The van der Waals surface area contributed by atoms with Gasteiger partial charge in [-0.2, -0.15) is 0 Å². The number of benzene rings is 1. The molecule has 3 rings (SSSR count). The monoisotopic (exact) mass is 371 g/mol. The van der Waals surface area contributed by atoms with E-state index >= 15 is 0 Å². The van der Waals surface area contributed by atoms with Gasteiger partial charge in [0.2, 0.25) is 0 Å². The van der Waals surface area contributed by atoms with Gasteiger partial charge in [0.15, 0.2) is 11.0 Å². The summed E-state index contributed by atoms with van der Waals surface area (Å²) in [5.41, 5.74) is 6.52. The van der Waals surface area contributed by atoms with Gasteiger partial charge in [0.1, 0.15) is 11.4 Å². The number of hydrogen-bond donors (Lipinski definition) is 3. The van der Waals surface area contributed by atoms with E-state index in [0.717, 1.165) is 27.4 Å². The standard InChI is InChI=1S/C18H21N5O2S/c1-22(2)10-13-6-7-16(26-13)25-12-5-4-11-8-15(21-14(11)9-12)17(24)23(3)18(19)20/h4-9,21H,10H2,1-3H3,(H3,19,20). The van der Waals surface area contributed by atoms with Crippen molar-refractivity contribution in [2.75, 3.05) is 21.1 Å². The number of carbonyl (C=O) groups excluding carboxylic acids is 1. The quantitative estimate of drug-likeness (QED) is 0.474. The number of fused-ring (bicyclic) bond motifs is 1. The average molecular weight is 371 g/mol. The molecule has 0 aliphatic carbocycles. The summed E-state index contributed by atoms with van der Waals surface area (Å²) in [6.07, 6.45) is 0. The molecule has 0 saturated heterocycles. The van der Waals surface area contributed by atoms with Crippen molar-refractivity contribution in [2.45, 2.75) is 6.54 Å². The number of amides is 1. The molecule has 0 bridgehead atoms. The predicted octanol–water partition coefficient (Wildman–Crippen LogP) is 3.05. The molecule has 1 aromatic carbocycles. The number of rotatable bonds is 5. The van der Waals surface area contributed by atoms with E-state index in [9.17, 15) is 4.79 Å². The lowest BCUT2D eigenvalue weighted by Crippen LogP contribution is -2.38. The van der Waals surface area contributed by atoms with Crippen molar-refractivity contribution in [1.82, 2.24) is 14.8 Å². The minimum atomic E-state index is -0.359. The number of nitrogens with zero attached hydrogens (tertiary/aromatic N) is 2. The van der Waals surface area contributed by atoms with E-state index in [1.807, 2.05) is 38.4 Å². The Hall–Kier alpha value is -2.84. The number of aromatic amines is 1. The fourth-order valence-corrected chi connectivity index (χ4v) is 3.49. The molecule has 0 unspecified atom stereocenters. The molecule has 2 aromatic heterocycles. The van der Waals surface area contributed by atoms with Gasteiger partial charge in [-0.15, -0.1) is 11.3 Å². The zero-order valence-electron chi connectivity index (χ0n) is 14.9. The number of thiophene rings is 1. The number of nitrogens with two attached hydrogens (primary N) is 1. The molecule has 0 radical (unpaired) electrons. The molecule has 8 heteroatoms. The maximum Gasteiger partial charge on any atom is 0.276 e. The third-order valence-electron chi connectivity index (χ3n) is 3.82. The molecule has 2 heterocycles. The van der Waals surface area contributed by atoms with Crippen molar-refractivity contribution in [1.29, 1.82) is 5.41 Å². The summed E-state index contributed by atoms with van der Waals surface area (Å²) in [7, 11) is 5.52. The van der Waals surface area contributed by atoms with Crippen LogP contribution in [0.3, 0.4) is 0 Å². The highest BCUT2D eigenvalue weighted by atomic mass is 32.1. The molecule has 4 N–H and O–H groups in total. The lowest BCUT2D eigenvalue weighted by atomic mass is 10.2. The van der Waals surface area contributed by atoms with Crippen LogP contribution in [0, 0.1) is 5.41 Å². The molecular formula is C18H21N5O2S. The number of guanidine groups is 1. The summed E-state index contributed by atoms with van der Waals surface area (Å²) >= 11 is 1.61. The van der Waals surface area contributed by atoms with Crippen LogP contribution in [0.25, 0.3) is 10.9 Å². The highest BCUT2D eigenvalue weighted by Gasteiger charge is 2.16. The molecule has 1 amide bonds. The van der Waals surface area contributed by atoms with Gasteiger partial charge in [-0.1, -0.05) is 0 Å². The SMILES string of the molecule is CN(C)Cc1ccc(Oc2ccc3cc(C(=O)N(C)C(=N)N)[nH]c3c2)s1. The molecule has 0 fully saturated rings. The Morgan fingerprint density at radius 2 is 2.00 bits per heavy atom. The largest absolute Gasteiger partial charge is 0.447 e. The smallest absolute Gasteiger partial charge is 0.276 e. The highest BCUT2D eigenvalue weighted by molar-refractivity contribution is 7.13. The Kier molecular flexibility index (Phi) is 4.97. The first-order valence-corrected chi connectivity index (χ1v) is 8.81. The number of aromatic nitrogens is 1. The van der Waals surface area contributed by atoms with Gasteiger partial charge in [-0.3, -0.25) is 15.1 Å². The lowest BCUT2D eigenvalue weighted by molar-refractivity contribution is 0.0864. The Morgan fingerprint density at radius 3 is 2.69 bits per heavy atom. The fourth-order valence-electron chi connectivity index (χ4n) is 2.50. The predicted molar refractivity (Wildman–Crippen MR) is 104 cm³/mol. The first-order valence-electron chi connectivity index (χ1n) is 7.99. The first kappa shape index (κ1) is 18.0. The number of hydrogen-bond acceptors (Lipinski definition) is 5. The second-order valence-corrected chi connectivity index (χ2v) is 7.37. The van der Waals surface area contributed by atoms with E-state index in [4.69, 9.17) is 15.9 Å². The molecule has 136 valence electrons. The van der Waals surface area contributed by atoms with E-state index in [-0.39, 0.29) is 11.9 Å². The lowest BCUT2D eigenvalue weighted by Gasteiger charge is -2.12. The molecule has 0 saturated carbocycles. The number of ether oxygens (including phenoxy) is 1. The summed E-state index contributed by atoms with van der Waals surface area (Å²) in [5.74, 6) is 0.0307.